The maximum Gasteiger partial charge on any atom is 0.257 e. The summed E-state index contributed by atoms with van der Waals surface area (Å²) in [5.74, 6) is 1.57. The third-order valence-electron chi connectivity index (χ3n) is 10.8. The first-order valence-electron chi connectivity index (χ1n) is 18.5. The van der Waals surface area contributed by atoms with Gasteiger partial charge in [-0.25, -0.2) is 14.4 Å². The summed E-state index contributed by atoms with van der Waals surface area (Å²) >= 11 is 0. The molecule has 0 N–H and O–H groups in total. The van der Waals surface area contributed by atoms with E-state index in [1.54, 1.807) is 11.1 Å². The van der Waals surface area contributed by atoms with Gasteiger partial charge in [-0.3, -0.25) is 14.7 Å². The zero-order valence-corrected chi connectivity index (χ0v) is 31.0. The van der Waals surface area contributed by atoms with E-state index in [4.69, 9.17) is 14.5 Å². The van der Waals surface area contributed by atoms with Crippen LogP contribution in [0.3, 0.4) is 0 Å². The van der Waals surface area contributed by atoms with Gasteiger partial charge in [0, 0.05) is 68.4 Å². The summed E-state index contributed by atoms with van der Waals surface area (Å²) in [7, 11) is 4.26. The topological polar surface area (TPSA) is 87.2 Å². The molecule has 1 spiro atoms. The predicted octanol–water partition coefficient (Wildman–Crippen LogP) is 6.77. The number of hydrogen-bond donors (Lipinski definition) is 0. The molecule has 0 radical (unpaired) electrons. The SMILES string of the molecule is CCN(C(=O)c1cc(F)ccc1Oc1cncnc1N1CC2(CC(Oc3ccnc4c3C(CCN(C)C)N(Cc3ccccc3)CC4)C2)C1)C(C)C. The molecule has 4 aromatic rings. The van der Waals surface area contributed by atoms with Gasteiger partial charge >= 0.3 is 0 Å². The minimum atomic E-state index is -0.493. The van der Waals surface area contributed by atoms with Gasteiger partial charge in [-0.1, -0.05) is 30.3 Å². The van der Waals surface area contributed by atoms with Crippen LogP contribution in [-0.2, 0) is 13.0 Å². The minimum Gasteiger partial charge on any atom is -0.490 e. The lowest BCUT2D eigenvalue weighted by Gasteiger charge is -2.59. The van der Waals surface area contributed by atoms with E-state index in [0.29, 0.717) is 18.1 Å². The molecule has 52 heavy (non-hydrogen) atoms. The summed E-state index contributed by atoms with van der Waals surface area (Å²) < 4.78 is 27.5. The molecule has 2 aromatic carbocycles. The van der Waals surface area contributed by atoms with Gasteiger partial charge in [0.25, 0.3) is 5.91 Å². The molecule has 4 heterocycles. The molecule has 1 amide bonds. The largest absolute Gasteiger partial charge is 0.490 e. The first-order valence-corrected chi connectivity index (χ1v) is 18.5. The van der Waals surface area contributed by atoms with E-state index >= 15 is 0 Å². The van der Waals surface area contributed by atoms with Gasteiger partial charge in [0.05, 0.1) is 17.5 Å². The average Bonchev–Trinajstić information content (AvgIpc) is 3.10. The lowest BCUT2D eigenvalue weighted by atomic mass is 9.61. The van der Waals surface area contributed by atoms with Crippen LogP contribution in [-0.4, -0.2) is 94.5 Å². The molecule has 0 bridgehead atoms. The molecule has 3 aliphatic rings. The van der Waals surface area contributed by atoms with Crippen molar-refractivity contribution in [3.05, 3.63) is 102 Å². The van der Waals surface area contributed by atoms with Crippen molar-refractivity contribution < 1.29 is 18.7 Å². The van der Waals surface area contributed by atoms with Crippen LogP contribution in [0.4, 0.5) is 10.2 Å². The number of amides is 1. The molecule has 2 aliphatic heterocycles. The van der Waals surface area contributed by atoms with Crippen molar-refractivity contribution in [2.75, 3.05) is 51.7 Å². The van der Waals surface area contributed by atoms with Gasteiger partial charge in [0.2, 0.25) is 0 Å². The normalized spacial score (nSPS) is 18.2. The van der Waals surface area contributed by atoms with Crippen LogP contribution in [0.15, 0.2) is 73.3 Å². The minimum absolute atomic E-state index is 0.0420. The number of benzene rings is 2. The number of pyridine rings is 1. The molecule has 1 saturated heterocycles. The van der Waals surface area contributed by atoms with Crippen LogP contribution in [0.1, 0.15) is 73.3 Å². The van der Waals surface area contributed by atoms with E-state index in [1.165, 1.54) is 35.7 Å². The second-order valence-electron chi connectivity index (χ2n) is 15.1. The van der Waals surface area contributed by atoms with Crippen LogP contribution < -0.4 is 14.4 Å². The van der Waals surface area contributed by atoms with Crippen molar-refractivity contribution in [2.45, 2.75) is 71.2 Å². The molecular formula is C41H50FN7O3. The van der Waals surface area contributed by atoms with Crippen LogP contribution in [0.2, 0.25) is 0 Å². The second kappa shape index (κ2) is 15.2. The summed E-state index contributed by atoms with van der Waals surface area (Å²) in [4.78, 5) is 35.8. The number of carbonyl (C=O) groups excluding carboxylic acids is 1. The monoisotopic (exact) mass is 707 g/mol. The van der Waals surface area contributed by atoms with Crippen LogP contribution in [0, 0.1) is 11.2 Å². The molecule has 2 fully saturated rings. The van der Waals surface area contributed by atoms with Crippen LogP contribution >= 0.6 is 0 Å². The fourth-order valence-corrected chi connectivity index (χ4v) is 8.19. The molecule has 274 valence electrons. The number of anilines is 1. The fourth-order valence-electron chi connectivity index (χ4n) is 8.19. The first-order chi connectivity index (χ1) is 25.1. The Hall–Kier alpha value is -4.61. The number of fused-ring (bicyclic) bond motifs is 1. The molecule has 11 heteroatoms. The van der Waals surface area contributed by atoms with Crippen molar-refractivity contribution in [3.8, 4) is 17.2 Å². The molecule has 1 aliphatic carbocycles. The quantitative estimate of drug-likeness (QED) is 0.149. The highest BCUT2D eigenvalue weighted by atomic mass is 19.1. The van der Waals surface area contributed by atoms with E-state index in [2.05, 4.69) is 75.2 Å². The van der Waals surface area contributed by atoms with E-state index in [-0.39, 0.29) is 40.8 Å². The Kier molecular flexibility index (Phi) is 10.4. The number of halogens is 1. The van der Waals surface area contributed by atoms with Crippen LogP contribution in [0.25, 0.3) is 0 Å². The van der Waals surface area contributed by atoms with Gasteiger partial charge in [0.1, 0.15) is 29.7 Å². The second-order valence-corrected chi connectivity index (χ2v) is 15.1. The summed E-state index contributed by atoms with van der Waals surface area (Å²) in [6.45, 7) is 10.8. The van der Waals surface area contributed by atoms with Crippen molar-refractivity contribution in [3.63, 3.8) is 0 Å². The Labute approximate surface area is 306 Å². The van der Waals surface area contributed by atoms with Gasteiger partial charge < -0.3 is 24.2 Å². The third kappa shape index (κ3) is 7.47. The highest BCUT2D eigenvalue weighted by Crippen LogP contribution is 2.52. The van der Waals surface area contributed by atoms with Crippen molar-refractivity contribution >= 4 is 11.7 Å². The summed E-state index contributed by atoms with van der Waals surface area (Å²) in [5, 5.41) is 0. The van der Waals surface area contributed by atoms with Gasteiger partial charge in [0.15, 0.2) is 11.6 Å². The summed E-state index contributed by atoms with van der Waals surface area (Å²) in [6.07, 6.45) is 8.98. The maximum atomic E-state index is 14.4. The fraction of sp³-hybridized carbons (Fsp3) is 0.463. The molecule has 7 rings (SSSR count). The summed E-state index contributed by atoms with van der Waals surface area (Å²) in [5.41, 5.74) is 4.04. The first kappa shape index (κ1) is 35.8. The van der Waals surface area contributed by atoms with Crippen molar-refractivity contribution in [2.24, 2.45) is 5.41 Å². The highest BCUT2D eigenvalue weighted by Gasteiger charge is 2.54. The lowest BCUT2D eigenvalue weighted by molar-refractivity contribution is -0.0358. The Bertz CT molecular complexity index is 1860. The maximum absolute atomic E-state index is 14.4. The lowest BCUT2D eigenvalue weighted by Crippen LogP contribution is -2.65. The van der Waals surface area contributed by atoms with Crippen molar-refractivity contribution in [1.29, 1.82) is 0 Å². The van der Waals surface area contributed by atoms with Gasteiger partial charge in [-0.15, -0.1) is 0 Å². The molecule has 2 aromatic heterocycles. The van der Waals surface area contributed by atoms with E-state index in [1.807, 2.05) is 27.0 Å². The van der Waals surface area contributed by atoms with E-state index < -0.39 is 5.82 Å². The number of nitrogens with zero attached hydrogens (tertiary/aromatic N) is 7. The molecule has 1 saturated carbocycles. The van der Waals surface area contributed by atoms with Gasteiger partial charge in [-0.05, 0) is 90.5 Å². The zero-order valence-electron chi connectivity index (χ0n) is 31.0. The number of ether oxygens (including phenoxy) is 2. The Morgan fingerprint density at radius 1 is 1.04 bits per heavy atom. The molecular weight excluding hydrogens is 657 g/mol. The average molecular weight is 708 g/mol. The number of aromatic nitrogens is 3. The number of carbonyl (C=O) groups is 1. The van der Waals surface area contributed by atoms with E-state index in [0.717, 1.165) is 69.9 Å². The highest BCUT2D eigenvalue weighted by molar-refractivity contribution is 5.97. The molecule has 1 atom stereocenters. The Morgan fingerprint density at radius 3 is 2.56 bits per heavy atom. The van der Waals surface area contributed by atoms with Crippen molar-refractivity contribution in [1.82, 2.24) is 29.7 Å². The Balaban J connectivity index is 1.03. The third-order valence-corrected chi connectivity index (χ3v) is 10.8. The smallest absolute Gasteiger partial charge is 0.257 e. The Morgan fingerprint density at radius 2 is 1.83 bits per heavy atom. The van der Waals surface area contributed by atoms with Gasteiger partial charge in [-0.2, -0.15) is 0 Å². The zero-order chi connectivity index (χ0) is 36.4. The van der Waals surface area contributed by atoms with Crippen LogP contribution in [0.5, 0.6) is 17.2 Å². The standard InChI is InChI=1S/C41H50FN7O3/c1-6-49(28(2)3)40(50)32-20-30(42)12-13-35(32)52-37-23-43-27-45-39(37)48-25-41(26-48)21-31(22-41)51-36-14-17-44-33-15-19-47(24-29-10-8-7-9-11-29)34(38(33)36)16-18-46(4)5/h7-14,17,20,23,27-28,31,34H,6,15-16,18-19,21-22,24-26H2,1-5H3. The molecule has 10 nitrogen and oxygen atoms in total. The number of hydrogen-bond acceptors (Lipinski definition) is 9. The summed E-state index contributed by atoms with van der Waals surface area (Å²) in [6, 6.07) is 17.0. The predicted molar refractivity (Wildman–Crippen MR) is 199 cm³/mol. The molecule has 1 unspecified atom stereocenters. The number of rotatable bonds is 13. The van der Waals surface area contributed by atoms with E-state index in [9.17, 15) is 9.18 Å².